The molecule has 0 spiro atoms. The second-order valence-electron chi connectivity index (χ2n) is 2.03. The molecule has 0 amide bonds. The molecule has 1 unspecified atom stereocenters. The summed E-state index contributed by atoms with van der Waals surface area (Å²) in [4.78, 5) is 0. The molecule has 10 heavy (non-hydrogen) atoms. The zero-order chi connectivity index (χ0) is 6.69. The van der Waals surface area contributed by atoms with E-state index in [0.717, 1.165) is 0 Å². The van der Waals surface area contributed by atoms with Gasteiger partial charge in [0.15, 0.2) is 0 Å². The monoisotopic (exact) mass is 156 g/mol. The van der Waals surface area contributed by atoms with Crippen molar-refractivity contribution in [3.05, 3.63) is 35.9 Å². The molecular weight excluding hydrogens is 144 g/mol. The lowest BCUT2D eigenvalue weighted by Gasteiger charge is -1.99. The fraction of sp³-hybridized carbons (Fsp3) is 0.333. The minimum Gasteiger partial charge on any atom is -0.118 e. The van der Waals surface area contributed by atoms with E-state index in [2.05, 4.69) is 0 Å². The van der Waals surface area contributed by atoms with E-state index in [1.54, 1.807) is 0 Å². The molecule has 56 valence electrons. The van der Waals surface area contributed by atoms with Gasteiger partial charge in [0.25, 0.3) is 0 Å². The largest absolute Gasteiger partial charge is 0.118 e. The van der Waals surface area contributed by atoms with Gasteiger partial charge in [0.1, 0.15) is 0 Å². The molecule has 1 atom stereocenters. The van der Waals surface area contributed by atoms with Gasteiger partial charge in [-0.1, -0.05) is 37.8 Å². The fourth-order valence-corrected chi connectivity index (χ4v) is 0.864. The van der Waals surface area contributed by atoms with Crippen molar-refractivity contribution in [1.29, 1.82) is 0 Å². The van der Waals surface area contributed by atoms with Crippen LogP contribution in [0.4, 0.5) is 0 Å². The Bertz CT molecular complexity index is 167. The van der Waals surface area contributed by atoms with Crippen molar-refractivity contribution < 1.29 is 0 Å². The van der Waals surface area contributed by atoms with Crippen LogP contribution in [-0.2, 0) is 0 Å². The Labute approximate surface area is 67.8 Å². The SMILES string of the molecule is C.CC(Cl)c1ccccc1. The van der Waals surface area contributed by atoms with Crippen molar-refractivity contribution in [1.82, 2.24) is 0 Å². The highest BCUT2D eigenvalue weighted by Crippen LogP contribution is 2.17. The molecule has 0 aliphatic rings. The van der Waals surface area contributed by atoms with Gasteiger partial charge in [0, 0.05) is 0 Å². The normalized spacial score (nSPS) is 11.8. The Morgan fingerprint density at radius 3 is 2.00 bits per heavy atom. The van der Waals surface area contributed by atoms with Crippen molar-refractivity contribution in [3.63, 3.8) is 0 Å². The first-order valence-electron chi connectivity index (χ1n) is 2.99. The van der Waals surface area contributed by atoms with Gasteiger partial charge in [-0.05, 0) is 12.5 Å². The van der Waals surface area contributed by atoms with E-state index in [1.807, 2.05) is 37.3 Å². The lowest BCUT2D eigenvalue weighted by molar-refractivity contribution is 1.08. The van der Waals surface area contributed by atoms with E-state index in [4.69, 9.17) is 11.6 Å². The fourth-order valence-electron chi connectivity index (χ4n) is 0.718. The quantitative estimate of drug-likeness (QED) is 0.545. The van der Waals surface area contributed by atoms with E-state index in [9.17, 15) is 0 Å². The second-order valence-corrected chi connectivity index (χ2v) is 2.68. The van der Waals surface area contributed by atoms with Gasteiger partial charge >= 0.3 is 0 Å². The molecule has 0 aliphatic carbocycles. The average Bonchev–Trinajstić information content (AvgIpc) is 1.90. The van der Waals surface area contributed by atoms with Crippen molar-refractivity contribution >= 4 is 11.6 Å². The molecule has 0 saturated carbocycles. The summed E-state index contributed by atoms with van der Waals surface area (Å²) in [6.07, 6.45) is 0. The third kappa shape index (κ3) is 2.40. The summed E-state index contributed by atoms with van der Waals surface area (Å²) >= 11 is 5.80. The zero-order valence-corrected chi connectivity index (χ0v) is 6.10. The van der Waals surface area contributed by atoms with Crippen LogP contribution < -0.4 is 0 Å². The number of alkyl halides is 1. The summed E-state index contributed by atoms with van der Waals surface area (Å²) in [6.45, 7) is 1.97. The lowest BCUT2D eigenvalue weighted by atomic mass is 10.2. The van der Waals surface area contributed by atoms with Crippen LogP contribution in [0, 0.1) is 0 Å². The number of benzene rings is 1. The molecule has 1 heteroatoms. The van der Waals surface area contributed by atoms with E-state index >= 15 is 0 Å². The minimum absolute atomic E-state index is 0. The molecule has 0 radical (unpaired) electrons. The van der Waals surface area contributed by atoms with Gasteiger partial charge in [-0.2, -0.15) is 0 Å². The smallest absolute Gasteiger partial charge is 0.0557 e. The van der Waals surface area contributed by atoms with E-state index in [0.29, 0.717) is 0 Å². The van der Waals surface area contributed by atoms with Gasteiger partial charge in [0.05, 0.1) is 5.38 Å². The Kier molecular flexibility index (Phi) is 4.13. The predicted octanol–water partition coefficient (Wildman–Crippen LogP) is 3.62. The molecular formula is C9H13Cl. The van der Waals surface area contributed by atoms with Gasteiger partial charge in [-0.15, -0.1) is 11.6 Å². The van der Waals surface area contributed by atoms with E-state index in [1.165, 1.54) is 5.56 Å². The van der Waals surface area contributed by atoms with Crippen LogP contribution in [0.2, 0.25) is 0 Å². The first-order valence-corrected chi connectivity index (χ1v) is 3.43. The summed E-state index contributed by atoms with van der Waals surface area (Å²) in [5, 5.41) is 0.131. The second kappa shape index (κ2) is 4.35. The first-order chi connectivity index (χ1) is 4.30. The molecule has 0 heterocycles. The molecule has 1 aromatic carbocycles. The minimum atomic E-state index is 0. The Morgan fingerprint density at radius 2 is 1.70 bits per heavy atom. The molecule has 0 aromatic heterocycles. The summed E-state index contributed by atoms with van der Waals surface area (Å²) in [5.41, 5.74) is 1.18. The molecule has 0 N–H and O–H groups in total. The van der Waals surface area contributed by atoms with Gasteiger partial charge in [0.2, 0.25) is 0 Å². The Morgan fingerprint density at radius 1 is 1.20 bits per heavy atom. The summed E-state index contributed by atoms with van der Waals surface area (Å²) < 4.78 is 0. The number of hydrogen-bond acceptors (Lipinski definition) is 0. The number of rotatable bonds is 1. The van der Waals surface area contributed by atoms with Crippen LogP contribution in [0.1, 0.15) is 25.3 Å². The van der Waals surface area contributed by atoms with Gasteiger partial charge in [-0.25, -0.2) is 0 Å². The van der Waals surface area contributed by atoms with E-state index < -0.39 is 0 Å². The summed E-state index contributed by atoms with van der Waals surface area (Å²) in [7, 11) is 0. The molecule has 0 aliphatic heterocycles. The maximum absolute atomic E-state index is 5.80. The van der Waals surface area contributed by atoms with Crippen molar-refractivity contribution in [2.45, 2.75) is 19.7 Å². The molecule has 0 bridgehead atoms. The topological polar surface area (TPSA) is 0 Å². The number of halogens is 1. The third-order valence-electron chi connectivity index (χ3n) is 1.26. The highest BCUT2D eigenvalue weighted by Gasteiger charge is 1.95. The molecule has 0 fully saturated rings. The highest BCUT2D eigenvalue weighted by atomic mass is 35.5. The molecule has 1 aromatic rings. The first kappa shape index (κ1) is 9.51. The average molecular weight is 157 g/mol. The van der Waals surface area contributed by atoms with Crippen LogP contribution in [-0.4, -0.2) is 0 Å². The van der Waals surface area contributed by atoms with Crippen molar-refractivity contribution in [3.8, 4) is 0 Å². The predicted molar refractivity (Wildman–Crippen MR) is 47.4 cm³/mol. The lowest BCUT2D eigenvalue weighted by Crippen LogP contribution is -1.80. The molecule has 0 saturated heterocycles. The van der Waals surface area contributed by atoms with Crippen LogP contribution in [0.3, 0.4) is 0 Å². The highest BCUT2D eigenvalue weighted by molar-refractivity contribution is 6.20. The summed E-state index contributed by atoms with van der Waals surface area (Å²) in [5.74, 6) is 0. The van der Waals surface area contributed by atoms with E-state index in [-0.39, 0.29) is 12.8 Å². The van der Waals surface area contributed by atoms with Gasteiger partial charge in [-0.3, -0.25) is 0 Å². The van der Waals surface area contributed by atoms with Crippen molar-refractivity contribution in [2.75, 3.05) is 0 Å². The Balaban J connectivity index is 0.000000810. The van der Waals surface area contributed by atoms with Crippen LogP contribution in [0.25, 0.3) is 0 Å². The Hall–Kier alpha value is -0.490. The van der Waals surface area contributed by atoms with Gasteiger partial charge < -0.3 is 0 Å². The molecule has 1 rings (SSSR count). The molecule has 0 nitrogen and oxygen atoms in total. The summed E-state index contributed by atoms with van der Waals surface area (Å²) in [6, 6.07) is 10.0. The third-order valence-corrected chi connectivity index (χ3v) is 1.51. The maximum atomic E-state index is 5.80. The van der Waals surface area contributed by atoms with Crippen molar-refractivity contribution in [2.24, 2.45) is 0 Å². The standard InChI is InChI=1S/C8H9Cl.CH4/c1-7(9)8-5-3-2-4-6-8;/h2-7H,1H3;1H4. The zero-order valence-electron chi connectivity index (χ0n) is 5.34. The van der Waals surface area contributed by atoms with Crippen LogP contribution >= 0.6 is 11.6 Å². The van der Waals surface area contributed by atoms with Crippen LogP contribution in [0.5, 0.6) is 0 Å². The van der Waals surface area contributed by atoms with Crippen LogP contribution in [0.15, 0.2) is 30.3 Å². The number of hydrogen-bond donors (Lipinski definition) is 0. The maximum Gasteiger partial charge on any atom is 0.0557 e.